The van der Waals surface area contributed by atoms with Crippen molar-refractivity contribution >= 4 is 5.57 Å². The van der Waals surface area contributed by atoms with Crippen LogP contribution in [0, 0.1) is 13.8 Å². The first-order valence-corrected chi connectivity index (χ1v) is 8.74. The van der Waals surface area contributed by atoms with Crippen molar-refractivity contribution in [3.63, 3.8) is 0 Å². The van der Waals surface area contributed by atoms with Crippen molar-refractivity contribution in [2.24, 2.45) is 0 Å². The molecule has 2 aliphatic rings. The van der Waals surface area contributed by atoms with E-state index in [0.29, 0.717) is 5.92 Å². The standard InChI is InChI=1S/C24H20/c1-15-8-10-19-20-11-9-16(2)23-18(17-6-4-3-5-7-17)12-13-21(24(20)23)22(19)14-15/h3-12,14,21H,13H2,1-2H3. The molecule has 0 nitrogen and oxygen atoms in total. The summed E-state index contributed by atoms with van der Waals surface area (Å²) >= 11 is 0. The summed E-state index contributed by atoms with van der Waals surface area (Å²) in [6, 6.07) is 22.4. The van der Waals surface area contributed by atoms with Crippen molar-refractivity contribution < 1.29 is 0 Å². The Morgan fingerprint density at radius 2 is 1.62 bits per heavy atom. The van der Waals surface area contributed by atoms with Gasteiger partial charge in [0.05, 0.1) is 0 Å². The lowest BCUT2D eigenvalue weighted by molar-refractivity contribution is 0.836. The van der Waals surface area contributed by atoms with E-state index in [0.717, 1.165) is 6.42 Å². The van der Waals surface area contributed by atoms with Gasteiger partial charge < -0.3 is 0 Å². The molecule has 2 aliphatic carbocycles. The minimum Gasteiger partial charge on any atom is -0.0751 e. The lowest BCUT2D eigenvalue weighted by atomic mass is 9.78. The van der Waals surface area contributed by atoms with Crippen LogP contribution in [0.5, 0.6) is 0 Å². The zero-order valence-corrected chi connectivity index (χ0v) is 14.1. The number of rotatable bonds is 1. The van der Waals surface area contributed by atoms with Crippen molar-refractivity contribution in [1.29, 1.82) is 0 Å². The average molecular weight is 308 g/mol. The molecule has 0 bridgehead atoms. The molecular weight excluding hydrogens is 288 g/mol. The van der Waals surface area contributed by atoms with Crippen LogP contribution in [-0.2, 0) is 0 Å². The molecule has 1 atom stereocenters. The van der Waals surface area contributed by atoms with E-state index in [-0.39, 0.29) is 0 Å². The number of hydrogen-bond acceptors (Lipinski definition) is 0. The predicted octanol–water partition coefficient (Wildman–Crippen LogP) is 6.25. The van der Waals surface area contributed by atoms with Gasteiger partial charge in [0.2, 0.25) is 0 Å². The number of aryl methyl sites for hydroxylation is 2. The second-order valence-corrected chi connectivity index (χ2v) is 7.08. The molecule has 0 amide bonds. The predicted molar refractivity (Wildman–Crippen MR) is 101 cm³/mol. The van der Waals surface area contributed by atoms with E-state index in [2.05, 4.69) is 80.6 Å². The molecule has 0 heterocycles. The van der Waals surface area contributed by atoms with Crippen molar-refractivity contribution in [2.45, 2.75) is 26.2 Å². The van der Waals surface area contributed by atoms with Gasteiger partial charge in [-0.2, -0.15) is 0 Å². The van der Waals surface area contributed by atoms with Crippen molar-refractivity contribution in [3.8, 4) is 11.1 Å². The Labute approximate surface area is 143 Å². The van der Waals surface area contributed by atoms with Crippen molar-refractivity contribution in [2.75, 3.05) is 0 Å². The fourth-order valence-electron chi connectivity index (χ4n) is 4.52. The van der Waals surface area contributed by atoms with Gasteiger partial charge in [-0.05, 0) is 64.8 Å². The van der Waals surface area contributed by atoms with E-state index in [1.165, 1.54) is 44.5 Å². The molecule has 0 aliphatic heterocycles. The first-order chi connectivity index (χ1) is 11.7. The summed E-state index contributed by atoms with van der Waals surface area (Å²) < 4.78 is 0. The van der Waals surface area contributed by atoms with Crippen LogP contribution < -0.4 is 0 Å². The number of benzene rings is 3. The van der Waals surface area contributed by atoms with Gasteiger partial charge in [-0.15, -0.1) is 0 Å². The normalized spacial score (nSPS) is 17.2. The van der Waals surface area contributed by atoms with E-state index < -0.39 is 0 Å². The molecule has 0 N–H and O–H groups in total. The molecule has 0 aromatic heterocycles. The van der Waals surface area contributed by atoms with Crippen LogP contribution in [0.4, 0.5) is 0 Å². The highest BCUT2D eigenvalue weighted by molar-refractivity contribution is 5.92. The molecule has 0 spiro atoms. The summed E-state index contributed by atoms with van der Waals surface area (Å²) in [5, 5.41) is 0. The molecule has 116 valence electrons. The van der Waals surface area contributed by atoms with Crippen LogP contribution in [0.25, 0.3) is 16.7 Å². The molecule has 0 saturated carbocycles. The maximum atomic E-state index is 2.45. The summed E-state index contributed by atoms with van der Waals surface area (Å²) in [5.74, 6) is 0.525. The fraction of sp³-hybridized carbons (Fsp3) is 0.167. The molecule has 3 aromatic carbocycles. The minimum atomic E-state index is 0.525. The first-order valence-electron chi connectivity index (χ1n) is 8.74. The Kier molecular flexibility index (Phi) is 2.84. The number of allylic oxidation sites excluding steroid dienone is 1. The lowest BCUT2D eigenvalue weighted by Gasteiger charge is -2.25. The summed E-state index contributed by atoms with van der Waals surface area (Å²) in [6.45, 7) is 4.45. The minimum absolute atomic E-state index is 0.525. The fourth-order valence-corrected chi connectivity index (χ4v) is 4.52. The van der Waals surface area contributed by atoms with E-state index in [9.17, 15) is 0 Å². The van der Waals surface area contributed by atoms with Crippen LogP contribution in [0.2, 0.25) is 0 Å². The van der Waals surface area contributed by atoms with Gasteiger partial charge >= 0.3 is 0 Å². The zero-order valence-electron chi connectivity index (χ0n) is 14.1. The van der Waals surface area contributed by atoms with Crippen LogP contribution in [0.1, 0.15) is 45.7 Å². The second kappa shape index (κ2) is 4.95. The maximum Gasteiger partial charge on any atom is 0.0143 e. The van der Waals surface area contributed by atoms with Crippen LogP contribution in [-0.4, -0.2) is 0 Å². The lowest BCUT2D eigenvalue weighted by Crippen LogP contribution is -2.08. The topological polar surface area (TPSA) is 0 Å². The molecule has 1 unspecified atom stereocenters. The van der Waals surface area contributed by atoms with Gasteiger partial charge in [0.25, 0.3) is 0 Å². The monoisotopic (exact) mass is 308 g/mol. The average Bonchev–Trinajstić information content (AvgIpc) is 2.93. The van der Waals surface area contributed by atoms with E-state index >= 15 is 0 Å². The van der Waals surface area contributed by atoms with E-state index in [1.54, 1.807) is 5.56 Å². The molecule has 5 rings (SSSR count). The summed E-state index contributed by atoms with van der Waals surface area (Å²) in [7, 11) is 0. The maximum absolute atomic E-state index is 2.45. The summed E-state index contributed by atoms with van der Waals surface area (Å²) in [4.78, 5) is 0. The largest absolute Gasteiger partial charge is 0.0751 e. The van der Waals surface area contributed by atoms with Gasteiger partial charge in [-0.3, -0.25) is 0 Å². The molecule has 0 heteroatoms. The van der Waals surface area contributed by atoms with Gasteiger partial charge in [-0.1, -0.05) is 72.3 Å². The third kappa shape index (κ3) is 1.80. The Morgan fingerprint density at radius 1 is 0.833 bits per heavy atom. The Balaban J connectivity index is 1.80. The summed E-state index contributed by atoms with van der Waals surface area (Å²) in [6.07, 6.45) is 3.56. The third-order valence-corrected chi connectivity index (χ3v) is 5.59. The second-order valence-electron chi connectivity index (χ2n) is 7.08. The molecule has 24 heavy (non-hydrogen) atoms. The Morgan fingerprint density at radius 3 is 2.46 bits per heavy atom. The number of fused-ring (bicyclic) bond motifs is 3. The first kappa shape index (κ1) is 13.8. The highest BCUT2D eigenvalue weighted by Crippen LogP contribution is 2.53. The van der Waals surface area contributed by atoms with Gasteiger partial charge in [-0.25, -0.2) is 0 Å². The van der Waals surface area contributed by atoms with E-state index in [4.69, 9.17) is 0 Å². The Hall–Kier alpha value is -2.60. The van der Waals surface area contributed by atoms with Crippen LogP contribution in [0.3, 0.4) is 0 Å². The van der Waals surface area contributed by atoms with Gasteiger partial charge in [0, 0.05) is 5.92 Å². The highest BCUT2D eigenvalue weighted by atomic mass is 14.4. The molecule has 3 aromatic rings. The van der Waals surface area contributed by atoms with E-state index in [1.807, 2.05) is 0 Å². The number of hydrogen-bond donors (Lipinski definition) is 0. The summed E-state index contributed by atoms with van der Waals surface area (Å²) in [5.41, 5.74) is 12.9. The van der Waals surface area contributed by atoms with Crippen molar-refractivity contribution in [1.82, 2.24) is 0 Å². The van der Waals surface area contributed by atoms with Crippen LogP contribution in [0.15, 0.2) is 66.7 Å². The highest BCUT2D eigenvalue weighted by Gasteiger charge is 2.34. The Bertz CT molecular complexity index is 990. The van der Waals surface area contributed by atoms with Crippen LogP contribution >= 0.6 is 0 Å². The molecule has 0 saturated heterocycles. The SMILES string of the molecule is Cc1ccc2c(c1)C1CC=C(c3ccccc3)c3c(C)ccc-2c31. The smallest absolute Gasteiger partial charge is 0.0143 e. The quantitative estimate of drug-likeness (QED) is 0.498. The molecule has 0 fully saturated rings. The van der Waals surface area contributed by atoms with Crippen molar-refractivity contribution in [3.05, 3.63) is 100 Å². The van der Waals surface area contributed by atoms with Gasteiger partial charge in [0.1, 0.15) is 0 Å². The van der Waals surface area contributed by atoms with Gasteiger partial charge in [0.15, 0.2) is 0 Å². The zero-order chi connectivity index (χ0) is 16.3. The molecular formula is C24H20. The molecule has 0 radical (unpaired) electrons. The third-order valence-electron chi connectivity index (χ3n) is 5.59.